The first-order valence-electron chi connectivity index (χ1n) is 39.2. The molecule has 10 aromatic rings. The first-order valence-corrected chi connectivity index (χ1v) is 39.2. The number of hydrogen-bond donors (Lipinski definition) is 3. The molecule has 3 heterocycles. The van der Waals surface area contributed by atoms with Crippen molar-refractivity contribution >= 4 is 11.9 Å². The fourth-order valence-electron chi connectivity index (χ4n) is 14.0. The summed E-state index contributed by atoms with van der Waals surface area (Å²) in [7, 11) is 0. The number of carbonyl (C=O) groups is 2. The highest BCUT2D eigenvalue weighted by molar-refractivity contribution is 5.89. The molecule has 596 valence electrons. The molecule has 0 bridgehead atoms. The Morgan fingerprint density at radius 3 is 1.11 bits per heavy atom. The topological polar surface area (TPSA) is 225 Å². The lowest BCUT2D eigenvalue weighted by molar-refractivity contribution is -0.393. The fourth-order valence-corrected chi connectivity index (χ4v) is 14.0. The lowest BCUT2D eigenvalue weighted by Crippen LogP contribution is -2.67. The summed E-state index contributed by atoms with van der Waals surface area (Å²) in [6.45, 7) is 1.02. The number of esters is 2. The highest BCUT2D eigenvalue weighted by atomic mass is 16.8. The molecule has 0 saturated carbocycles. The number of unbranched alkanes of at least 4 members (excludes halogenated alkanes) is 1. The van der Waals surface area contributed by atoms with Gasteiger partial charge in [-0.1, -0.05) is 291 Å². The zero-order valence-electron chi connectivity index (χ0n) is 63.8. The first kappa shape index (κ1) is 82.5. The van der Waals surface area contributed by atoms with Crippen LogP contribution in [0.5, 0.6) is 0 Å². The quantitative estimate of drug-likeness (QED) is 0.0239. The summed E-state index contributed by atoms with van der Waals surface area (Å²) >= 11 is 0. The van der Waals surface area contributed by atoms with Gasteiger partial charge in [-0.25, -0.2) is 4.79 Å². The largest absolute Gasteiger partial charge is 0.460 e. The molecule has 114 heavy (non-hydrogen) atoms. The molecule has 0 aliphatic carbocycles. The number of aliphatic hydroxyl groups is 2. The molecule has 3 aliphatic heterocycles. The van der Waals surface area contributed by atoms with Gasteiger partial charge < -0.3 is 86.6 Å². The van der Waals surface area contributed by atoms with Crippen molar-refractivity contribution in [1.82, 2.24) is 5.32 Å². The highest BCUT2D eigenvalue weighted by Gasteiger charge is 2.57. The Morgan fingerprint density at radius 2 is 0.658 bits per heavy atom. The van der Waals surface area contributed by atoms with Crippen LogP contribution in [-0.2, 0) is 135 Å². The molecule has 20 nitrogen and oxygen atoms in total. The van der Waals surface area contributed by atoms with E-state index < -0.39 is 104 Å². The molecular weight excluding hydrogens is 1450 g/mol. The Bertz CT molecular complexity index is 4330. The number of hydrogen-bond acceptors (Lipinski definition) is 20. The molecule has 0 amide bonds. The lowest BCUT2D eigenvalue weighted by atomic mass is 9.95. The summed E-state index contributed by atoms with van der Waals surface area (Å²) in [6, 6.07) is 94.7. The Hall–Kier alpha value is -9.50. The third-order valence-electron chi connectivity index (χ3n) is 20.1. The van der Waals surface area contributed by atoms with Gasteiger partial charge in [0.1, 0.15) is 79.8 Å². The van der Waals surface area contributed by atoms with Crippen LogP contribution in [0.4, 0.5) is 0 Å². The molecule has 0 aromatic heterocycles. The minimum absolute atomic E-state index is 0.0206. The van der Waals surface area contributed by atoms with E-state index in [4.69, 9.17) is 71.1 Å². The van der Waals surface area contributed by atoms with Crippen LogP contribution in [0, 0.1) is 0 Å². The van der Waals surface area contributed by atoms with Gasteiger partial charge in [0.2, 0.25) is 0 Å². The van der Waals surface area contributed by atoms with Crippen LogP contribution in [-0.4, -0.2) is 147 Å². The standard InChI is InChI=1S/C94H101NO19/c96-81-83(104-59-71-41-19-5-20-42-71)78(64-100-56-68-35-13-2-14-36-68)110-94(87(81)112-90(98)76-51-29-10-30-52-76)113-84-79(65-101-57-69-37-15-3-16-38-69)111-93(86(82(84)97)106-61-73-45-23-7-24-46-73)114-89-88(107-62-74-47-25-8-26-48-74)85(105-60-72-43-21-6-22-44-72)80(66-102-58-70-39-17-4-18-40-70)109-92(89)103-54-32-31-53-77(95-55-67-33-11-1-12-34-67)91(99)108-63-75-49-27-9-28-50-75/h1-30,33-52,77-89,92-97H,31-32,53-66H2/t77?,78-,79-,80-,81+,82+,83-,84-,85-,86-,87-,88+,89-,92+,93-,94+/m1/s1. The predicted octanol–water partition coefficient (Wildman–Crippen LogP) is 14.0. The third kappa shape index (κ3) is 24.8. The van der Waals surface area contributed by atoms with Gasteiger partial charge in [-0.15, -0.1) is 0 Å². The third-order valence-corrected chi connectivity index (χ3v) is 20.1. The van der Waals surface area contributed by atoms with Crippen LogP contribution in [0.15, 0.2) is 303 Å². The van der Waals surface area contributed by atoms with Crippen LogP contribution in [0.1, 0.15) is 79.7 Å². The summed E-state index contributed by atoms with van der Waals surface area (Å²) in [5.74, 6) is -1.17. The Kier molecular flexibility index (Phi) is 32.1. The van der Waals surface area contributed by atoms with Gasteiger partial charge in [0, 0.05) is 13.2 Å². The SMILES string of the molecule is O=C(O[C@H]1[C@H](O[C@H]2[C@H](O)[C@@H](OCc3ccccc3)[C@@H](O[C@H]3[C@@H](OCCCCC(NCc4ccccc4)C(=O)OCc4ccccc4)O[C@H](COCc4ccccc4)[C@@H](OCc4ccccc4)[C@@H]3OCc3ccccc3)O[C@@H]2COCc2ccccc2)O[C@H](COCc2ccccc2)[C@@H](OCc2ccccc2)[C@@H]1O)c1ccccc1. The number of benzene rings is 10. The maximum Gasteiger partial charge on any atom is 0.338 e. The van der Waals surface area contributed by atoms with Crippen molar-refractivity contribution in [2.24, 2.45) is 0 Å². The van der Waals surface area contributed by atoms with Crippen molar-refractivity contribution in [1.29, 1.82) is 0 Å². The van der Waals surface area contributed by atoms with E-state index in [1.54, 1.807) is 30.3 Å². The first-order chi connectivity index (χ1) is 56.2. The zero-order valence-corrected chi connectivity index (χ0v) is 63.8. The minimum atomic E-state index is -1.71. The molecule has 20 heteroatoms. The van der Waals surface area contributed by atoms with E-state index in [9.17, 15) is 19.8 Å². The summed E-state index contributed by atoms with van der Waals surface area (Å²) in [6.07, 6.45) is -18.6. The second kappa shape index (κ2) is 44.4. The van der Waals surface area contributed by atoms with Crippen molar-refractivity contribution in [3.63, 3.8) is 0 Å². The highest BCUT2D eigenvalue weighted by Crippen LogP contribution is 2.39. The number of aliphatic hydroxyl groups excluding tert-OH is 2. The summed E-state index contributed by atoms with van der Waals surface area (Å²) in [5, 5.41) is 30.2. The molecule has 0 radical (unpaired) electrons. The second-order valence-corrected chi connectivity index (χ2v) is 28.5. The number of ether oxygens (including phenoxy) is 15. The molecule has 3 saturated heterocycles. The van der Waals surface area contributed by atoms with E-state index >= 15 is 0 Å². The molecule has 1 unspecified atom stereocenters. The van der Waals surface area contributed by atoms with Crippen LogP contribution >= 0.6 is 0 Å². The van der Waals surface area contributed by atoms with Gasteiger partial charge in [0.25, 0.3) is 0 Å². The Balaban J connectivity index is 0.858. The van der Waals surface area contributed by atoms with Crippen molar-refractivity contribution in [3.05, 3.63) is 359 Å². The monoisotopic (exact) mass is 1550 g/mol. The summed E-state index contributed by atoms with van der Waals surface area (Å²) in [4.78, 5) is 28.6. The van der Waals surface area contributed by atoms with Gasteiger partial charge in [0.05, 0.1) is 71.6 Å². The van der Waals surface area contributed by atoms with Crippen LogP contribution in [0.25, 0.3) is 0 Å². The maximum absolute atomic E-state index is 14.5. The molecular formula is C94H101NO19. The van der Waals surface area contributed by atoms with E-state index in [1.165, 1.54) is 0 Å². The maximum atomic E-state index is 14.5. The molecule has 3 N–H and O–H groups in total. The van der Waals surface area contributed by atoms with Crippen molar-refractivity contribution in [3.8, 4) is 0 Å². The van der Waals surface area contributed by atoms with Crippen LogP contribution < -0.4 is 5.32 Å². The van der Waals surface area contributed by atoms with Crippen molar-refractivity contribution in [2.75, 3.05) is 26.4 Å². The van der Waals surface area contributed by atoms with Crippen molar-refractivity contribution in [2.45, 2.75) is 177 Å². The van der Waals surface area contributed by atoms with E-state index in [1.807, 2.05) is 273 Å². The van der Waals surface area contributed by atoms with E-state index in [0.29, 0.717) is 25.8 Å². The van der Waals surface area contributed by atoms with Gasteiger partial charge in [-0.2, -0.15) is 0 Å². The number of nitrogens with one attached hydrogen (secondary N) is 1. The normalized spacial score (nSPS) is 23.8. The van der Waals surface area contributed by atoms with Gasteiger partial charge in [0.15, 0.2) is 25.0 Å². The van der Waals surface area contributed by atoms with Gasteiger partial charge in [-0.3, -0.25) is 4.79 Å². The minimum Gasteiger partial charge on any atom is -0.460 e. The van der Waals surface area contributed by atoms with E-state index in [2.05, 4.69) is 5.32 Å². The van der Waals surface area contributed by atoms with E-state index in [-0.39, 0.29) is 90.8 Å². The smallest absolute Gasteiger partial charge is 0.338 e. The lowest BCUT2D eigenvalue weighted by Gasteiger charge is -2.50. The fraction of sp³-hybridized carbons (Fsp3) is 0.340. The molecule has 10 aromatic carbocycles. The van der Waals surface area contributed by atoms with Crippen LogP contribution in [0.3, 0.4) is 0 Å². The predicted molar refractivity (Wildman–Crippen MR) is 425 cm³/mol. The van der Waals surface area contributed by atoms with Gasteiger partial charge >= 0.3 is 11.9 Å². The van der Waals surface area contributed by atoms with E-state index in [0.717, 1.165) is 50.1 Å². The number of rotatable bonds is 42. The molecule has 13 rings (SSSR count). The molecule has 16 atom stereocenters. The molecule has 3 fully saturated rings. The van der Waals surface area contributed by atoms with Gasteiger partial charge in [-0.05, 0) is 81.5 Å². The average Bonchev–Trinajstić information content (AvgIpc) is 0.769. The Labute approximate surface area is 667 Å². The molecule has 0 spiro atoms. The zero-order chi connectivity index (χ0) is 78.1. The summed E-state index contributed by atoms with van der Waals surface area (Å²) in [5.41, 5.74) is 8.04. The number of carbonyl (C=O) groups excluding carboxylic acids is 2. The summed E-state index contributed by atoms with van der Waals surface area (Å²) < 4.78 is 103. The van der Waals surface area contributed by atoms with Crippen molar-refractivity contribution < 1.29 is 90.9 Å². The molecule has 3 aliphatic rings. The second-order valence-electron chi connectivity index (χ2n) is 28.5. The Morgan fingerprint density at radius 1 is 0.325 bits per heavy atom. The van der Waals surface area contributed by atoms with Crippen LogP contribution in [0.2, 0.25) is 0 Å². The average molecular weight is 1550 g/mol.